The van der Waals surface area contributed by atoms with E-state index in [1.165, 1.54) is 12.3 Å². The highest BCUT2D eigenvalue weighted by atomic mass is 16.8. The Morgan fingerprint density at radius 1 is 1.16 bits per heavy atom. The summed E-state index contributed by atoms with van der Waals surface area (Å²) in [4.78, 5) is 32.5. The highest BCUT2D eigenvalue weighted by molar-refractivity contribution is 5.92. The molecule has 3 heterocycles. The van der Waals surface area contributed by atoms with Crippen molar-refractivity contribution in [2.45, 2.75) is 94.1 Å². The zero-order chi connectivity index (χ0) is 42.0. The van der Waals surface area contributed by atoms with Crippen LogP contribution in [-0.4, -0.2) is 155 Å². The Bertz CT molecular complexity index is 1610. The van der Waals surface area contributed by atoms with Gasteiger partial charge in [0.25, 0.3) is 0 Å². The van der Waals surface area contributed by atoms with E-state index in [1.54, 1.807) is 30.3 Å². The molecule has 1 saturated heterocycles. The van der Waals surface area contributed by atoms with Gasteiger partial charge in [0.15, 0.2) is 18.4 Å². The maximum atomic E-state index is 14.1. The van der Waals surface area contributed by atoms with Crippen LogP contribution in [0.1, 0.15) is 51.4 Å². The van der Waals surface area contributed by atoms with Crippen LogP contribution in [0.4, 0.5) is 0 Å². The van der Waals surface area contributed by atoms with Gasteiger partial charge in [-0.3, -0.25) is 10.3 Å². The highest BCUT2D eigenvalue weighted by Gasteiger charge is 2.57. The number of nitrogens with two attached hydrogens (primary N) is 1. The summed E-state index contributed by atoms with van der Waals surface area (Å²) in [7, 11) is 1.54. The van der Waals surface area contributed by atoms with Crippen molar-refractivity contribution in [2.75, 3.05) is 53.2 Å². The number of hydrogen-bond donors (Lipinski definition) is 10. The number of aliphatic imine (C=N–C) groups is 1. The van der Waals surface area contributed by atoms with Crippen LogP contribution in [0.25, 0.3) is 0 Å². The molecule has 0 aromatic rings. The molecule has 19 heteroatoms. The lowest BCUT2D eigenvalue weighted by Gasteiger charge is -2.47. The molecule has 1 spiro atoms. The van der Waals surface area contributed by atoms with Crippen LogP contribution in [0.15, 0.2) is 64.7 Å². The SMILES string of the molecule is C=C[C@H]1[C@H](O[C@@H]2O[C@H](CO)[C@@H](O)C(O)(O)[C@H]2OCNC)OC=C(C(=O)O[C@@H]2CCC3(CCCC3)C2)[C@H]1/C=C\C1=CN(CCO)CC(C(=O)O)=C1NC(N)=NCCCO. The molecule has 0 radical (unpaired) electrons. The van der Waals surface area contributed by atoms with Crippen molar-refractivity contribution in [1.29, 1.82) is 0 Å². The summed E-state index contributed by atoms with van der Waals surface area (Å²) in [5, 5.41) is 77.2. The Labute approximate surface area is 337 Å². The normalized spacial score (nSPS) is 30.9. The number of aliphatic hydroxyl groups is 6. The van der Waals surface area contributed by atoms with Crippen molar-refractivity contribution in [2.24, 2.45) is 28.0 Å². The highest BCUT2D eigenvalue weighted by Crippen LogP contribution is 2.51. The lowest BCUT2D eigenvalue weighted by atomic mass is 9.83. The Morgan fingerprint density at radius 3 is 2.57 bits per heavy atom. The zero-order valence-electron chi connectivity index (χ0n) is 32.8. The van der Waals surface area contributed by atoms with Crippen LogP contribution in [0, 0.1) is 17.3 Å². The minimum Gasteiger partial charge on any atom is -0.478 e. The van der Waals surface area contributed by atoms with Gasteiger partial charge in [0.05, 0.1) is 55.5 Å². The van der Waals surface area contributed by atoms with Crippen LogP contribution in [0.2, 0.25) is 0 Å². The molecule has 324 valence electrons. The smallest absolute Gasteiger partial charge is 0.338 e. The molecule has 19 nitrogen and oxygen atoms in total. The molecule has 11 N–H and O–H groups in total. The van der Waals surface area contributed by atoms with Crippen molar-refractivity contribution < 1.29 is 69.0 Å². The lowest BCUT2D eigenvalue weighted by Crippen LogP contribution is -2.69. The molecule has 0 aromatic carbocycles. The summed E-state index contributed by atoms with van der Waals surface area (Å²) < 4.78 is 29.6. The topological polar surface area (TPSA) is 288 Å². The molecule has 2 saturated carbocycles. The molecule has 5 aliphatic rings. The number of carboxylic acid groups (broad SMARTS) is 1. The summed E-state index contributed by atoms with van der Waals surface area (Å²) in [6, 6.07) is 0. The second-order valence-electron chi connectivity index (χ2n) is 15.3. The number of allylic oxidation sites excluding steroid dienone is 2. The number of rotatable bonds is 18. The fourth-order valence-electron chi connectivity index (χ4n) is 8.38. The first-order valence-corrected chi connectivity index (χ1v) is 19.7. The number of hydrogen-bond acceptors (Lipinski definition) is 16. The minimum atomic E-state index is -2.94. The van der Waals surface area contributed by atoms with Gasteiger partial charge in [-0.05, 0) is 51.0 Å². The van der Waals surface area contributed by atoms with Crippen LogP contribution in [0.3, 0.4) is 0 Å². The van der Waals surface area contributed by atoms with Gasteiger partial charge >= 0.3 is 11.9 Å². The second-order valence-corrected chi connectivity index (χ2v) is 15.3. The Morgan fingerprint density at radius 2 is 1.91 bits per heavy atom. The van der Waals surface area contributed by atoms with Crippen LogP contribution in [0.5, 0.6) is 0 Å². The lowest BCUT2D eigenvalue weighted by molar-refractivity contribution is -0.410. The third kappa shape index (κ3) is 10.5. The summed E-state index contributed by atoms with van der Waals surface area (Å²) in [5.74, 6) is -6.78. The van der Waals surface area contributed by atoms with E-state index in [-0.39, 0.29) is 73.9 Å². The van der Waals surface area contributed by atoms with E-state index < -0.39 is 67.1 Å². The fourth-order valence-corrected chi connectivity index (χ4v) is 8.38. The van der Waals surface area contributed by atoms with Crippen molar-refractivity contribution in [3.8, 4) is 0 Å². The number of aliphatic hydroxyl groups excluding tert-OH is 4. The van der Waals surface area contributed by atoms with Gasteiger partial charge in [0.1, 0.15) is 18.3 Å². The van der Waals surface area contributed by atoms with E-state index in [2.05, 4.69) is 22.2 Å². The Hall–Kier alpha value is -3.89. The summed E-state index contributed by atoms with van der Waals surface area (Å²) >= 11 is 0. The third-order valence-corrected chi connectivity index (χ3v) is 11.4. The van der Waals surface area contributed by atoms with E-state index in [1.807, 2.05) is 0 Å². The molecular weight excluding hydrogens is 762 g/mol. The van der Waals surface area contributed by atoms with Gasteiger partial charge in [-0.25, -0.2) is 9.59 Å². The summed E-state index contributed by atoms with van der Waals surface area (Å²) in [5.41, 5.74) is 6.72. The number of nitrogens with one attached hydrogen (secondary N) is 2. The number of nitrogens with zero attached hydrogens (tertiary/aromatic N) is 2. The molecule has 0 aromatic heterocycles. The first-order chi connectivity index (χ1) is 27.8. The molecule has 5 rings (SSSR count). The zero-order valence-corrected chi connectivity index (χ0v) is 32.8. The third-order valence-electron chi connectivity index (χ3n) is 11.4. The first-order valence-electron chi connectivity index (χ1n) is 19.7. The van der Waals surface area contributed by atoms with E-state index in [4.69, 9.17) is 29.4 Å². The van der Waals surface area contributed by atoms with E-state index in [0.29, 0.717) is 12.0 Å². The molecule has 58 heavy (non-hydrogen) atoms. The van der Waals surface area contributed by atoms with Gasteiger partial charge in [0, 0.05) is 37.4 Å². The molecular formula is C39H59N5O14. The van der Waals surface area contributed by atoms with Gasteiger partial charge < -0.3 is 75.4 Å². The number of carboxylic acids is 1. The number of aliphatic carboxylic acids is 1. The van der Waals surface area contributed by atoms with E-state index in [9.17, 15) is 45.3 Å². The monoisotopic (exact) mass is 821 g/mol. The summed E-state index contributed by atoms with van der Waals surface area (Å²) in [6.07, 6.45) is 6.26. The number of ether oxygens (including phenoxy) is 5. The maximum absolute atomic E-state index is 14.1. The Balaban J connectivity index is 1.51. The minimum absolute atomic E-state index is 0.0821. The average molecular weight is 822 g/mol. The van der Waals surface area contributed by atoms with E-state index in [0.717, 1.165) is 44.9 Å². The van der Waals surface area contributed by atoms with Crippen LogP contribution < -0.4 is 16.4 Å². The largest absolute Gasteiger partial charge is 0.478 e. The number of guanidine groups is 1. The maximum Gasteiger partial charge on any atom is 0.338 e. The van der Waals surface area contributed by atoms with Crippen molar-refractivity contribution in [3.63, 3.8) is 0 Å². The molecule has 3 fully saturated rings. The number of carbonyl (C=O) groups excluding carboxylic acids is 1. The van der Waals surface area contributed by atoms with Crippen molar-refractivity contribution in [3.05, 3.63) is 59.7 Å². The second kappa shape index (κ2) is 20.4. The number of carbonyl (C=O) groups is 2. The fraction of sp³-hybridized carbons (Fsp3) is 0.667. The number of esters is 1. The molecule has 0 bridgehead atoms. The van der Waals surface area contributed by atoms with Gasteiger partial charge in [-0.1, -0.05) is 31.1 Å². The molecule has 3 aliphatic heterocycles. The number of β-amino-alcohol motifs (C(OH)–C–C–N with tert-alkyl or cyclic N) is 1. The van der Waals surface area contributed by atoms with Crippen LogP contribution in [-0.2, 0) is 33.3 Å². The molecule has 0 amide bonds. The first kappa shape index (κ1) is 45.2. The average Bonchev–Trinajstić information content (AvgIpc) is 3.83. The van der Waals surface area contributed by atoms with Crippen molar-refractivity contribution >= 4 is 17.9 Å². The van der Waals surface area contributed by atoms with Gasteiger partial charge in [-0.15, -0.1) is 6.58 Å². The standard InChI is InChI=1S/C39H59N5O14/c1-3-25-26(8-7-23-18-44(14-16-46)19-27(33(49)50)30(23)43-37(40)42-13-6-15-45)28(34(51)56-24-9-12-38(17-24)10-4-5-11-38)21-54-35(25)58-36-32(55-22-41-2)39(52,53)31(48)29(20-47)57-36/h3,7-8,18,21,24-26,29,31-32,35-36,41,45-48,52-53H,1,4-6,9-17,19-20,22H2,2H3,(H,49,50)(H3,40,42,43)/b8-7-/t24-,25-,26+,29-,31-,32+,35+,36+/m1/s1. The van der Waals surface area contributed by atoms with Gasteiger partial charge in [0.2, 0.25) is 12.1 Å². The molecule has 2 aliphatic carbocycles. The van der Waals surface area contributed by atoms with Gasteiger partial charge in [-0.2, -0.15) is 0 Å². The van der Waals surface area contributed by atoms with Crippen molar-refractivity contribution in [1.82, 2.24) is 15.5 Å². The predicted molar refractivity (Wildman–Crippen MR) is 205 cm³/mol. The molecule has 8 atom stereocenters. The predicted octanol–water partition coefficient (Wildman–Crippen LogP) is -0.988. The quantitative estimate of drug-likeness (QED) is 0.0198. The van der Waals surface area contributed by atoms with E-state index >= 15 is 0 Å². The molecule has 0 unspecified atom stereocenters. The van der Waals surface area contributed by atoms with Crippen LogP contribution >= 0.6 is 0 Å². The Kier molecular flexibility index (Phi) is 15.9. The summed E-state index contributed by atoms with van der Waals surface area (Å²) in [6.45, 7) is 2.77.